The van der Waals surface area contributed by atoms with Gasteiger partial charge >= 0.3 is 0 Å². The van der Waals surface area contributed by atoms with Crippen LogP contribution in [0.25, 0.3) is 66.8 Å². The third-order valence-corrected chi connectivity index (χ3v) is 18.8. The molecule has 12 aromatic rings. The van der Waals surface area contributed by atoms with Gasteiger partial charge in [0.25, 0.3) is 0 Å². The first-order chi connectivity index (χ1) is 51.9. The largest absolute Gasteiger partial charge is 0.495 e. The third-order valence-electron chi connectivity index (χ3n) is 18.8. The van der Waals surface area contributed by atoms with Crippen LogP contribution in [0, 0.1) is 17.5 Å². The summed E-state index contributed by atoms with van der Waals surface area (Å²) in [5, 5.41) is 5.58. The maximum Gasteiger partial charge on any atom is 0.231 e. The lowest BCUT2D eigenvalue weighted by molar-refractivity contribution is -0.118. The highest BCUT2D eigenvalue weighted by atomic mass is 19.1. The van der Waals surface area contributed by atoms with Gasteiger partial charge in [0.1, 0.15) is 23.2 Å². The van der Waals surface area contributed by atoms with Gasteiger partial charge in [0, 0.05) is 133 Å². The fourth-order valence-corrected chi connectivity index (χ4v) is 13.4. The molecule has 6 aromatic heterocycles. The fraction of sp³-hybridized carbons (Fsp3) is 0.153. The van der Waals surface area contributed by atoms with Gasteiger partial charge in [-0.2, -0.15) is 0 Å². The molecule has 0 bridgehead atoms. The number of likely N-dealkylation sites (N-methyl/N-ethyl adjacent to an activating group) is 4. The van der Waals surface area contributed by atoms with Crippen molar-refractivity contribution in [3.63, 3.8) is 0 Å². The lowest BCUT2D eigenvalue weighted by Gasteiger charge is -2.14. The Bertz CT molecular complexity index is 5420. The highest BCUT2D eigenvalue weighted by molar-refractivity contribution is 6.05. The van der Waals surface area contributed by atoms with Gasteiger partial charge in [-0.05, 0) is 201 Å². The number of nitrogens with zero attached hydrogens (tertiary/aromatic N) is 10. The molecule has 0 unspecified atom stereocenters. The molecule has 0 aliphatic carbocycles. The number of carbonyl (C=O) groups excluding carboxylic acids is 6. The highest BCUT2D eigenvalue weighted by Gasteiger charge is 2.29. The molecule has 18 rings (SSSR count). The van der Waals surface area contributed by atoms with Gasteiger partial charge in [-0.25, -0.2) is 13.2 Å². The minimum absolute atomic E-state index is 0.00508. The van der Waals surface area contributed by atoms with Gasteiger partial charge in [-0.15, -0.1) is 0 Å². The summed E-state index contributed by atoms with van der Waals surface area (Å²) in [7, 11) is 5.20. The van der Waals surface area contributed by atoms with Gasteiger partial charge in [0.05, 0.1) is 70.4 Å². The van der Waals surface area contributed by atoms with E-state index in [1.54, 1.807) is 72.2 Å². The molecule has 0 saturated heterocycles. The number of pyridine rings is 6. The smallest absolute Gasteiger partial charge is 0.231 e. The van der Waals surface area contributed by atoms with Crippen molar-refractivity contribution in [2.24, 2.45) is 0 Å². The van der Waals surface area contributed by atoms with E-state index in [2.05, 4.69) is 58.7 Å². The minimum atomic E-state index is -0.364. The number of benzene rings is 6. The summed E-state index contributed by atoms with van der Waals surface area (Å²) in [6.45, 7) is 5.37. The normalized spacial score (nSPS) is 13.6. The molecule has 12 heterocycles. The molecule has 0 spiro atoms. The van der Waals surface area contributed by atoms with E-state index in [1.807, 2.05) is 160 Å². The number of anilines is 6. The number of aromatic nitrogens is 6. The summed E-state index contributed by atoms with van der Waals surface area (Å²) < 4.78 is 44.5. The number of fused-ring (bicyclic) bond motifs is 6. The molecule has 6 aliphatic heterocycles. The predicted octanol–water partition coefficient (Wildman–Crippen LogP) is 14.8. The summed E-state index contributed by atoms with van der Waals surface area (Å²) in [5.41, 5.74) is 23.1. The van der Waals surface area contributed by atoms with Crippen molar-refractivity contribution >= 4 is 69.6 Å². The zero-order valence-electron chi connectivity index (χ0n) is 59.1. The van der Waals surface area contributed by atoms with Crippen LogP contribution in [-0.2, 0) is 67.3 Å². The van der Waals surface area contributed by atoms with Crippen molar-refractivity contribution < 1.29 is 46.7 Å². The number of halogens is 3. The second-order valence-corrected chi connectivity index (χ2v) is 25.7. The van der Waals surface area contributed by atoms with Crippen molar-refractivity contribution in [2.75, 3.05) is 64.5 Å². The first-order valence-electron chi connectivity index (χ1n) is 34.5. The van der Waals surface area contributed by atoms with Gasteiger partial charge in [0.2, 0.25) is 35.4 Å². The second-order valence-electron chi connectivity index (χ2n) is 25.7. The summed E-state index contributed by atoms with van der Waals surface area (Å²) in [5.74, 6) is 0.232. The molecule has 107 heavy (non-hydrogen) atoms. The average molecular weight is 1430 g/mol. The van der Waals surface area contributed by atoms with Gasteiger partial charge in [-0.3, -0.25) is 58.7 Å². The molecule has 534 valence electrons. The van der Waals surface area contributed by atoms with Crippen LogP contribution in [-0.4, -0.2) is 99.6 Å². The first-order valence-corrected chi connectivity index (χ1v) is 34.5. The Morgan fingerprint density at radius 1 is 0.336 bits per heavy atom. The number of hydrogen-bond donors (Lipinski definition) is 2. The van der Waals surface area contributed by atoms with Crippen molar-refractivity contribution in [1.82, 2.24) is 29.9 Å². The fourth-order valence-electron chi connectivity index (χ4n) is 13.4. The maximum absolute atomic E-state index is 13.2. The Morgan fingerprint density at radius 2 is 0.654 bits per heavy atom. The first kappa shape index (κ1) is 72.0. The topological polar surface area (TPSA) is 226 Å². The van der Waals surface area contributed by atoms with Crippen LogP contribution in [0.4, 0.5) is 47.3 Å². The molecular formula is C85H71F3N12O7. The zero-order valence-corrected chi connectivity index (χ0v) is 59.1. The number of carbonyl (C=O) groups is 6. The molecule has 6 aromatic carbocycles. The van der Waals surface area contributed by atoms with E-state index in [0.29, 0.717) is 50.6 Å². The Balaban J connectivity index is 0.000000113. The van der Waals surface area contributed by atoms with E-state index in [9.17, 15) is 41.9 Å². The second kappa shape index (κ2) is 32.1. The number of hydrogen-bond acceptors (Lipinski definition) is 13. The highest BCUT2D eigenvalue weighted by Crippen LogP contribution is 2.38. The quantitative estimate of drug-likeness (QED) is 0.137. The van der Waals surface area contributed by atoms with Crippen molar-refractivity contribution in [3.05, 3.63) is 283 Å². The van der Waals surface area contributed by atoms with E-state index >= 15 is 0 Å². The van der Waals surface area contributed by atoms with Crippen LogP contribution in [0.2, 0.25) is 0 Å². The molecule has 2 N–H and O–H groups in total. The van der Waals surface area contributed by atoms with E-state index in [0.717, 1.165) is 141 Å². The minimum Gasteiger partial charge on any atom is -0.495 e. The molecule has 0 saturated carbocycles. The lowest BCUT2D eigenvalue weighted by atomic mass is 10.0. The molecule has 0 radical (unpaired) electrons. The van der Waals surface area contributed by atoms with Crippen molar-refractivity contribution in [2.45, 2.75) is 52.4 Å². The standard InChI is InChI=1S/C15H13FN2O.C15H14N2O.C14H11FN2O.C14H12N2O2.C14H12N2O.C13H9FN2O/c1-2-18-14-4-3-10(5-11(14)7-15(18)19)12-6-13(16)9-17-8-12;1-2-17-14-6-5-11(8-13(14)9-15(17)18)12-4-3-7-16-10-12;1-17-13-3-2-9(4-10(13)6-14(17)18)11-5-12(15)8-16-7-11;1-18-12-5-11(7-15-8-12)9-2-3-13-10(4-9)6-14(17)16-13;1-16-13-5-4-10(7-12(13)8-14(16)17)11-3-2-6-15-9-11;14-11-4-10(6-15-7-11)8-1-2-12-9(3-8)5-13(17)16-12/h3-6,8-9H,2,7H2,1H3;3-8,10H,2,9H2,1H3;2-5,7-8H,6H2,1H3;2-5,7-8H,6H2,1H3,(H,16,17);2-7,9H,8H2,1H3;1-4,6-7H,5H2,(H,16,17). The predicted molar refractivity (Wildman–Crippen MR) is 407 cm³/mol. The molecule has 6 aliphatic rings. The van der Waals surface area contributed by atoms with Crippen LogP contribution < -0.4 is 35.0 Å². The number of amides is 6. The number of rotatable bonds is 9. The summed E-state index contributed by atoms with van der Waals surface area (Å²) in [4.78, 5) is 100. The average Bonchev–Trinajstić information content (AvgIpc) is 1.69. The number of methoxy groups -OCH3 is 1. The molecule has 0 atom stereocenters. The summed E-state index contributed by atoms with van der Waals surface area (Å²) in [6.07, 6.45) is 21.7. The van der Waals surface area contributed by atoms with E-state index < -0.39 is 0 Å². The van der Waals surface area contributed by atoms with Crippen LogP contribution in [0.3, 0.4) is 0 Å². The monoisotopic (exact) mass is 1430 g/mol. The van der Waals surface area contributed by atoms with Crippen LogP contribution >= 0.6 is 0 Å². The maximum atomic E-state index is 13.2. The van der Waals surface area contributed by atoms with E-state index in [-0.39, 0.29) is 52.9 Å². The molecule has 0 fully saturated rings. The number of ether oxygens (including phenoxy) is 1. The van der Waals surface area contributed by atoms with Crippen molar-refractivity contribution in [3.8, 4) is 72.5 Å². The third kappa shape index (κ3) is 16.5. The summed E-state index contributed by atoms with van der Waals surface area (Å²) >= 11 is 0. The zero-order chi connectivity index (χ0) is 74.8. The van der Waals surface area contributed by atoms with Crippen LogP contribution in [0.15, 0.2) is 232 Å². The van der Waals surface area contributed by atoms with Crippen molar-refractivity contribution in [1.29, 1.82) is 0 Å². The van der Waals surface area contributed by atoms with Crippen LogP contribution in [0.1, 0.15) is 47.2 Å². The van der Waals surface area contributed by atoms with Crippen LogP contribution in [0.5, 0.6) is 5.75 Å². The van der Waals surface area contributed by atoms with E-state index in [4.69, 9.17) is 4.74 Å². The Kier molecular flexibility index (Phi) is 21.6. The molecular weight excluding hydrogens is 1360 g/mol. The molecule has 6 amide bonds. The van der Waals surface area contributed by atoms with E-state index in [1.165, 1.54) is 36.8 Å². The Morgan fingerprint density at radius 3 is 1.01 bits per heavy atom. The summed E-state index contributed by atoms with van der Waals surface area (Å²) in [6, 6.07) is 49.4. The Hall–Kier alpha value is -13.4. The SMILES string of the molecule is CCN1C(=O)Cc2cc(-c3cccnc3)ccc21.CCN1C(=O)Cc2cc(-c3cncc(F)c3)ccc21.CN1C(=O)Cc2cc(-c3cccnc3)ccc21.CN1C(=O)Cc2cc(-c3cncc(F)c3)ccc21.COc1cncc(-c2ccc3c(c2)CC(=O)N3)c1.O=C1Cc2cc(-c3cncc(F)c3)ccc2N1. The number of nitrogens with one attached hydrogen (secondary N) is 2. The molecule has 19 nitrogen and oxygen atoms in total. The lowest BCUT2D eigenvalue weighted by Crippen LogP contribution is -2.25. The van der Waals surface area contributed by atoms with Gasteiger partial charge in [-0.1, -0.05) is 48.5 Å². The molecule has 22 heteroatoms. The van der Waals surface area contributed by atoms with Gasteiger partial charge in [0.15, 0.2) is 0 Å². The Labute approximate surface area is 615 Å². The van der Waals surface area contributed by atoms with Gasteiger partial charge < -0.3 is 35.0 Å².